The molecule has 4 bridgehead atoms. The van der Waals surface area contributed by atoms with Gasteiger partial charge in [0.2, 0.25) is 5.91 Å². The molecule has 2 aromatic rings. The van der Waals surface area contributed by atoms with Crippen LogP contribution < -0.4 is 5.32 Å². The molecule has 4 saturated carbocycles. The summed E-state index contributed by atoms with van der Waals surface area (Å²) in [6.45, 7) is 2.44. The second-order valence-electron chi connectivity index (χ2n) is 8.42. The standard InChI is InChI=1S/C20H24N2O2/c1-12-22-17-3-2-13(7-18(17)24-12)11-21-19(23)20-8-14-4-15(9-20)6-16(5-14)10-20/h2-3,7,14-16H,4-6,8-11H2,1H3,(H,21,23). The lowest BCUT2D eigenvalue weighted by molar-refractivity contribution is -0.146. The molecule has 4 heteroatoms. The van der Waals surface area contributed by atoms with Crippen LogP contribution in [-0.4, -0.2) is 10.9 Å². The maximum atomic E-state index is 13.0. The van der Waals surface area contributed by atoms with Crippen LogP contribution in [0.4, 0.5) is 0 Å². The van der Waals surface area contributed by atoms with Gasteiger partial charge in [-0.15, -0.1) is 0 Å². The number of rotatable bonds is 3. The number of nitrogens with zero attached hydrogens (tertiary/aromatic N) is 1. The van der Waals surface area contributed by atoms with Crippen LogP contribution in [0.1, 0.15) is 50.0 Å². The van der Waals surface area contributed by atoms with Crippen molar-refractivity contribution in [3.63, 3.8) is 0 Å². The minimum absolute atomic E-state index is 0.0678. The predicted octanol–water partition coefficient (Wildman–Crippen LogP) is 3.97. The van der Waals surface area contributed by atoms with E-state index in [9.17, 15) is 4.79 Å². The van der Waals surface area contributed by atoms with Gasteiger partial charge >= 0.3 is 0 Å². The molecule has 0 saturated heterocycles. The van der Waals surface area contributed by atoms with Crippen molar-refractivity contribution in [2.75, 3.05) is 0 Å². The highest BCUT2D eigenvalue weighted by molar-refractivity contribution is 5.83. The van der Waals surface area contributed by atoms with Gasteiger partial charge in [-0.2, -0.15) is 0 Å². The van der Waals surface area contributed by atoms with Crippen molar-refractivity contribution in [3.05, 3.63) is 29.7 Å². The van der Waals surface area contributed by atoms with Crippen molar-refractivity contribution in [1.29, 1.82) is 0 Å². The molecule has 0 radical (unpaired) electrons. The third kappa shape index (κ3) is 2.27. The Morgan fingerprint density at radius 3 is 2.54 bits per heavy atom. The lowest BCUT2D eigenvalue weighted by atomic mass is 9.49. The molecule has 4 aliphatic carbocycles. The summed E-state index contributed by atoms with van der Waals surface area (Å²) in [5.41, 5.74) is 2.69. The second-order valence-corrected chi connectivity index (χ2v) is 8.42. The molecule has 1 aromatic carbocycles. The smallest absolute Gasteiger partial charge is 0.226 e. The van der Waals surface area contributed by atoms with Crippen molar-refractivity contribution in [2.24, 2.45) is 23.2 Å². The molecule has 1 heterocycles. The number of amides is 1. The lowest BCUT2D eigenvalue weighted by Crippen LogP contribution is -2.53. The summed E-state index contributed by atoms with van der Waals surface area (Å²) in [5.74, 6) is 3.37. The normalized spacial score (nSPS) is 34.0. The van der Waals surface area contributed by atoms with Crippen LogP contribution in [0, 0.1) is 30.1 Å². The van der Waals surface area contributed by atoms with Crippen molar-refractivity contribution in [1.82, 2.24) is 10.3 Å². The lowest BCUT2D eigenvalue weighted by Gasteiger charge is -2.55. The van der Waals surface area contributed by atoms with Crippen molar-refractivity contribution in [3.8, 4) is 0 Å². The number of oxazole rings is 1. The van der Waals surface area contributed by atoms with E-state index in [1.165, 1.54) is 19.3 Å². The maximum absolute atomic E-state index is 13.0. The maximum Gasteiger partial charge on any atom is 0.226 e. The molecule has 0 unspecified atom stereocenters. The minimum atomic E-state index is -0.0678. The van der Waals surface area contributed by atoms with E-state index in [0.29, 0.717) is 12.4 Å². The van der Waals surface area contributed by atoms with Gasteiger partial charge < -0.3 is 9.73 Å². The first-order chi connectivity index (χ1) is 11.6. The van der Waals surface area contributed by atoms with Crippen LogP contribution in [0.5, 0.6) is 0 Å². The Labute approximate surface area is 142 Å². The summed E-state index contributed by atoms with van der Waals surface area (Å²) >= 11 is 0. The minimum Gasteiger partial charge on any atom is -0.441 e. The molecular formula is C20H24N2O2. The van der Waals surface area contributed by atoms with Gasteiger partial charge in [0, 0.05) is 18.9 Å². The molecule has 1 amide bonds. The fraction of sp³-hybridized carbons (Fsp3) is 0.600. The van der Waals surface area contributed by atoms with E-state index in [2.05, 4.69) is 10.3 Å². The molecule has 126 valence electrons. The second kappa shape index (κ2) is 5.08. The van der Waals surface area contributed by atoms with Gasteiger partial charge in [0.05, 0.1) is 0 Å². The highest BCUT2D eigenvalue weighted by atomic mass is 16.3. The Balaban J connectivity index is 1.31. The summed E-state index contributed by atoms with van der Waals surface area (Å²) in [5, 5.41) is 3.23. The van der Waals surface area contributed by atoms with E-state index in [-0.39, 0.29) is 11.3 Å². The van der Waals surface area contributed by atoms with Gasteiger partial charge in [-0.05, 0) is 74.0 Å². The van der Waals surface area contributed by atoms with E-state index in [4.69, 9.17) is 4.42 Å². The van der Waals surface area contributed by atoms with E-state index in [1.807, 2.05) is 25.1 Å². The fourth-order valence-corrected chi connectivity index (χ4v) is 5.95. The third-order valence-electron chi connectivity index (χ3n) is 6.53. The van der Waals surface area contributed by atoms with E-state index >= 15 is 0 Å². The van der Waals surface area contributed by atoms with Crippen LogP contribution in [0.3, 0.4) is 0 Å². The number of benzene rings is 1. The van der Waals surface area contributed by atoms with Crippen LogP contribution >= 0.6 is 0 Å². The molecule has 1 N–H and O–H groups in total. The summed E-state index contributed by atoms with van der Waals surface area (Å²) in [4.78, 5) is 17.3. The molecule has 4 aliphatic rings. The monoisotopic (exact) mass is 324 g/mol. The van der Waals surface area contributed by atoms with Gasteiger partial charge in [-0.25, -0.2) is 4.98 Å². The zero-order chi connectivity index (χ0) is 16.3. The van der Waals surface area contributed by atoms with Gasteiger partial charge in [-0.3, -0.25) is 4.79 Å². The number of carbonyl (C=O) groups is 1. The summed E-state index contributed by atoms with van der Waals surface area (Å²) in [6.07, 6.45) is 7.46. The molecule has 6 rings (SSSR count). The zero-order valence-electron chi connectivity index (χ0n) is 14.2. The third-order valence-corrected chi connectivity index (χ3v) is 6.53. The number of hydrogen-bond donors (Lipinski definition) is 1. The average Bonchev–Trinajstić information content (AvgIpc) is 2.90. The van der Waals surface area contributed by atoms with Crippen LogP contribution in [0.2, 0.25) is 0 Å². The Kier molecular flexibility index (Phi) is 3.07. The molecular weight excluding hydrogens is 300 g/mol. The van der Waals surface area contributed by atoms with Crippen molar-refractivity contribution >= 4 is 17.0 Å². The highest BCUT2D eigenvalue weighted by Crippen LogP contribution is 2.60. The van der Waals surface area contributed by atoms with Gasteiger partial charge in [0.15, 0.2) is 11.5 Å². The van der Waals surface area contributed by atoms with Crippen molar-refractivity contribution < 1.29 is 9.21 Å². The fourth-order valence-electron chi connectivity index (χ4n) is 5.95. The number of aromatic nitrogens is 1. The molecule has 4 nitrogen and oxygen atoms in total. The molecule has 0 atom stereocenters. The Bertz CT molecular complexity index is 772. The van der Waals surface area contributed by atoms with Crippen LogP contribution in [-0.2, 0) is 11.3 Å². The quantitative estimate of drug-likeness (QED) is 0.929. The Morgan fingerprint density at radius 1 is 1.21 bits per heavy atom. The highest BCUT2D eigenvalue weighted by Gasteiger charge is 2.54. The van der Waals surface area contributed by atoms with Crippen LogP contribution in [0.25, 0.3) is 11.1 Å². The summed E-state index contributed by atoms with van der Waals surface area (Å²) in [7, 11) is 0. The largest absolute Gasteiger partial charge is 0.441 e. The first kappa shape index (κ1) is 14.5. The molecule has 4 fully saturated rings. The summed E-state index contributed by atoms with van der Waals surface area (Å²) < 4.78 is 5.59. The number of carbonyl (C=O) groups excluding carboxylic acids is 1. The molecule has 1 aromatic heterocycles. The SMILES string of the molecule is Cc1nc2ccc(CNC(=O)C34CC5CC(CC(C5)C3)C4)cc2o1. The van der Waals surface area contributed by atoms with Crippen LogP contribution in [0.15, 0.2) is 22.6 Å². The number of hydrogen-bond acceptors (Lipinski definition) is 3. The number of aryl methyl sites for hydroxylation is 1. The first-order valence-electron chi connectivity index (χ1n) is 9.24. The van der Waals surface area contributed by atoms with Crippen molar-refractivity contribution in [2.45, 2.75) is 52.0 Å². The first-order valence-corrected chi connectivity index (χ1v) is 9.24. The molecule has 24 heavy (non-hydrogen) atoms. The predicted molar refractivity (Wildman–Crippen MR) is 91.2 cm³/mol. The zero-order valence-corrected chi connectivity index (χ0v) is 14.2. The summed E-state index contributed by atoms with van der Waals surface area (Å²) in [6, 6.07) is 6.00. The van der Waals surface area contributed by atoms with E-state index in [1.54, 1.807) is 0 Å². The van der Waals surface area contributed by atoms with Gasteiger partial charge in [0.25, 0.3) is 0 Å². The average molecular weight is 324 g/mol. The van der Waals surface area contributed by atoms with Gasteiger partial charge in [-0.1, -0.05) is 6.07 Å². The van der Waals surface area contributed by atoms with Gasteiger partial charge in [0.1, 0.15) is 5.52 Å². The topological polar surface area (TPSA) is 55.1 Å². The van der Waals surface area contributed by atoms with E-state index in [0.717, 1.165) is 53.7 Å². The van der Waals surface area contributed by atoms with E-state index < -0.39 is 0 Å². The molecule has 0 aliphatic heterocycles. The number of fused-ring (bicyclic) bond motifs is 1. The Hall–Kier alpha value is -1.84. The number of nitrogens with one attached hydrogen (secondary N) is 1. The molecule has 0 spiro atoms. The Morgan fingerprint density at radius 2 is 1.88 bits per heavy atom.